The lowest BCUT2D eigenvalue weighted by Gasteiger charge is -2.32. The van der Waals surface area contributed by atoms with Crippen molar-refractivity contribution in [1.82, 2.24) is 5.32 Å². The van der Waals surface area contributed by atoms with E-state index in [1.165, 1.54) is 0 Å². The molecule has 112 valence electrons. The van der Waals surface area contributed by atoms with E-state index >= 15 is 0 Å². The zero-order valence-corrected chi connectivity index (χ0v) is 13.0. The first-order valence-electron chi connectivity index (χ1n) is 7.31. The fraction of sp³-hybridized carbons (Fsp3) is 0.625. The summed E-state index contributed by atoms with van der Waals surface area (Å²) >= 11 is 0. The summed E-state index contributed by atoms with van der Waals surface area (Å²) in [6.45, 7) is 9.94. The van der Waals surface area contributed by atoms with Crippen LogP contribution in [0.25, 0.3) is 0 Å². The Kier molecular flexibility index (Phi) is 6.14. The molecular formula is C16H26N2O2. The summed E-state index contributed by atoms with van der Waals surface area (Å²) in [6, 6.07) is 7.34. The Morgan fingerprint density at radius 2 is 1.85 bits per heavy atom. The Balaban J connectivity index is 2.60. The van der Waals surface area contributed by atoms with Crippen molar-refractivity contribution < 1.29 is 4.92 Å². The molecule has 0 aliphatic rings. The van der Waals surface area contributed by atoms with E-state index in [2.05, 4.69) is 33.0 Å². The third-order valence-corrected chi connectivity index (χ3v) is 3.55. The number of aryl methyl sites for hydroxylation is 1. The Morgan fingerprint density at radius 3 is 2.30 bits per heavy atom. The summed E-state index contributed by atoms with van der Waals surface area (Å²) in [5.41, 5.74) is 1.53. The van der Waals surface area contributed by atoms with Gasteiger partial charge in [-0.05, 0) is 36.8 Å². The maximum Gasteiger partial charge on any atom is 0.269 e. The van der Waals surface area contributed by atoms with Crippen molar-refractivity contribution in [2.45, 2.75) is 53.0 Å². The molecule has 0 amide bonds. The molecule has 1 aromatic rings. The standard InChI is InChI=1S/C16H26N2O2/c1-5-12-17-15(16(2,3)4)11-8-13-6-9-14(10-7-13)18(19)20/h6-7,9-10,15,17H,5,8,11-12H2,1-4H3. The van der Waals surface area contributed by atoms with E-state index in [0.717, 1.165) is 31.4 Å². The highest BCUT2D eigenvalue weighted by Gasteiger charge is 2.23. The number of hydrogen-bond acceptors (Lipinski definition) is 3. The quantitative estimate of drug-likeness (QED) is 0.607. The van der Waals surface area contributed by atoms with E-state index in [1.807, 2.05) is 12.1 Å². The molecule has 0 aliphatic carbocycles. The average molecular weight is 278 g/mol. The summed E-state index contributed by atoms with van der Waals surface area (Å²) in [6.07, 6.45) is 3.11. The molecule has 1 aromatic carbocycles. The fourth-order valence-electron chi connectivity index (χ4n) is 2.26. The van der Waals surface area contributed by atoms with Gasteiger partial charge in [0.2, 0.25) is 0 Å². The van der Waals surface area contributed by atoms with Gasteiger partial charge < -0.3 is 5.32 Å². The van der Waals surface area contributed by atoms with Crippen molar-refractivity contribution >= 4 is 5.69 Å². The topological polar surface area (TPSA) is 55.2 Å². The average Bonchev–Trinajstić information content (AvgIpc) is 2.37. The Bertz CT molecular complexity index is 421. The molecule has 1 rings (SSSR count). The van der Waals surface area contributed by atoms with Crippen molar-refractivity contribution in [3.05, 3.63) is 39.9 Å². The Morgan fingerprint density at radius 1 is 1.25 bits per heavy atom. The van der Waals surface area contributed by atoms with Crippen molar-refractivity contribution in [2.75, 3.05) is 6.54 Å². The fourth-order valence-corrected chi connectivity index (χ4v) is 2.26. The van der Waals surface area contributed by atoms with Crippen LogP contribution in [0.2, 0.25) is 0 Å². The van der Waals surface area contributed by atoms with Gasteiger partial charge in [0.05, 0.1) is 4.92 Å². The van der Waals surface area contributed by atoms with Crippen LogP contribution < -0.4 is 5.32 Å². The van der Waals surface area contributed by atoms with E-state index in [-0.39, 0.29) is 16.0 Å². The molecule has 1 unspecified atom stereocenters. The van der Waals surface area contributed by atoms with Crippen molar-refractivity contribution in [2.24, 2.45) is 5.41 Å². The van der Waals surface area contributed by atoms with Crippen molar-refractivity contribution in [3.8, 4) is 0 Å². The van der Waals surface area contributed by atoms with Gasteiger partial charge in [0.1, 0.15) is 0 Å². The number of nitrogens with one attached hydrogen (secondary N) is 1. The maximum atomic E-state index is 10.6. The summed E-state index contributed by atoms with van der Waals surface area (Å²) in [4.78, 5) is 10.3. The van der Waals surface area contributed by atoms with Gasteiger partial charge in [0.25, 0.3) is 5.69 Å². The molecule has 0 radical (unpaired) electrons. The minimum absolute atomic E-state index is 0.158. The van der Waals surface area contributed by atoms with Gasteiger partial charge in [-0.2, -0.15) is 0 Å². The van der Waals surface area contributed by atoms with E-state index in [4.69, 9.17) is 0 Å². The molecule has 0 spiro atoms. The summed E-state index contributed by atoms with van der Waals surface area (Å²) in [7, 11) is 0. The molecule has 0 heterocycles. The van der Waals surface area contributed by atoms with Crippen LogP contribution in [0.15, 0.2) is 24.3 Å². The SMILES string of the molecule is CCCNC(CCc1ccc([N+](=O)[O-])cc1)C(C)(C)C. The van der Waals surface area contributed by atoms with Gasteiger partial charge in [-0.1, -0.05) is 39.8 Å². The second kappa shape index (κ2) is 7.39. The zero-order valence-electron chi connectivity index (χ0n) is 13.0. The number of nitrogens with zero attached hydrogens (tertiary/aromatic N) is 1. The van der Waals surface area contributed by atoms with Gasteiger partial charge in [-0.3, -0.25) is 10.1 Å². The highest BCUT2D eigenvalue weighted by molar-refractivity contribution is 5.32. The second-order valence-electron chi connectivity index (χ2n) is 6.33. The summed E-state index contributed by atoms with van der Waals surface area (Å²) in [5.74, 6) is 0. The van der Waals surface area contributed by atoms with Crippen molar-refractivity contribution in [3.63, 3.8) is 0 Å². The molecule has 0 aliphatic heterocycles. The van der Waals surface area contributed by atoms with Gasteiger partial charge >= 0.3 is 0 Å². The van der Waals surface area contributed by atoms with Crippen LogP contribution in [0.5, 0.6) is 0 Å². The third kappa shape index (κ3) is 5.29. The minimum atomic E-state index is -0.357. The van der Waals surface area contributed by atoms with Crippen molar-refractivity contribution in [1.29, 1.82) is 0 Å². The normalized spacial score (nSPS) is 13.2. The minimum Gasteiger partial charge on any atom is -0.313 e. The number of hydrogen-bond donors (Lipinski definition) is 1. The molecule has 20 heavy (non-hydrogen) atoms. The molecule has 0 saturated heterocycles. The summed E-state index contributed by atoms with van der Waals surface area (Å²) in [5, 5.41) is 14.2. The molecule has 0 bridgehead atoms. The smallest absolute Gasteiger partial charge is 0.269 e. The lowest BCUT2D eigenvalue weighted by molar-refractivity contribution is -0.384. The van der Waals surface area contributed by atoms with Gasteiger partial charge in [0.15, 0.2) is 0 Å². The second-order valence-corrected chi connectivity index (χ2v) is 6.33. The Labute approximate surface area is 121 Å². The maximum absolute atomic E-state index is 10.6. The number of non-ortho nitro benzene ring substituents is 1. The van der Waals surface area contributed by atoms with Gasteiger partial charge in [-0.15, -0.1) is 0 Å². The van der Waals surface area contributed by atoms with Crippen LogP contribution in [0.3, 0.4) is 0 Å². The predicted molar refractivity (Wildman–Crippen MR) is 83.0 cm³/mol. The number of nitro benzene ring substituents is 1. The predicted octanol–water partition coefficient (Wildman–Crippen LogP) is 3.94. The van der Waals surface area contributed by atoms with Crippen LogP contribution >= 0.6 is 0 Å². The summed E-state index contributed by atoms with van der Waals surface area (Å²) < 4.78 is 0. The van der Waals surface area contributed by atoms with E-state index in [1.54, 1.807) is 12.1 Å². The van der Waals surface area contributed by atoms with Gasteiger partial charge in [0, 0.05) is 18.2 Å². The lowest BCUT2D eigenvalue weighted by Crippen LogP contribution is -2.41. The monoisotopic (exact) mass is 278 g/mol. The molecular weight excluding hydrogens is 252 g/mol. The molecule has 1 N–H and O–H groups in total. The largest absolute Gasteiger partial charge is 0.313 e. The highest BCUT2D eigenvalue weighted by atomic mass is 16.6. The van der Waals surface area contributed by atoms with Crippen LogP contribution in [-0.4, -0.2) is 17.5 Å². The third-order valence-electron chi connectivity index (χ3n) is 3.55. The molecule has 4 nitrogen and oxygen atoms in total. The van der Waals surface area contributed by atoms with Gasteiger partial charge in [-0.25, -0.2) is 0 Å². The van der Waals surface area contributed by atoms with Crippen LogP contribution in [0.1, 0.15) is 46.1 Å². The van der Waals surface area contributed by atoms with E-state index < -0.39 is 0 Å². The molecule has 0 fully saturated rings. The molecule has 1 atom stereocenters. The number of rotatable bonds is 7. The van der Waals surface area contributed by atoms with Crippen LogP contribution in [0, 0.1) is 15.5 Å². The Hall–Kier alpha value is -1.42. The molecule has 0 saturated carbocycles. The van der Waals surface area contributed by atoms with E-state index in [9.17, 15) is 10.1 Å². The van der Waals surface area contributed by atoms with Crippen LogP contribution in [0.4, 0.5) is 5.69 Å². The first-order chi connectivity index (χ1) is 9.34. The number of benzene rings is 1. The zero-order chi connectivity index (χ0) is 15.2. The number of nitro groups is 1. The molecule has 4 heteroatoms. The lowest BCUT2D eigenvalue weighted by atomic mass is 9.83. The van der Waals surface area contributed by atoms with Crippen LogP contribution in [-0.2, 0) is 6.42 Å². The first-order valence-corrected chi connectivity index (χ1v) is 7.31. The molecule has 0 aromatic heterocycles. The van der Waals surface area contributed by atoms with E-state index in [0.29, 0.717) is 6.04 Å². The first kappa shape index (κ1) is 16.6. The highest BCUT2D eigenvalue weighted by Crippen LogP contribution is 2.23.